The van der Waals surface area contributed by atoms with Crippen molar-refractivity contribution in [2.75, 3.05) is 13.7 Å². The zero-order chi connectivity index (χ0) is 10.6. The zero-order valence-corrected chi connectivity index (χ0v) is 9.32. The lowest BCUT2D eigenvalue weighted by atomic mass is 10.3. The predicted octanol–water partition coefficient (Wildman–Crippen LogP) is 2.11. The predicted molar refractivity (Wildman–Crippen MR) is 56.1 cm³/mol. The Kier molecular flexibility index (Phi) is 4.38. The van der Waals surface area contributed by atoms with Crippen molar-refractivity contribution in [2.45, 2.75) is 12.8 Å². The van der Waals surface area contributed by atoms with Crippen LogP contribution < -0.4 is 0 Å². The second kappa shape index (κ2) is 5.34. The first-order chi connectivity index (χ1) is 6.69. The van der Waals surface area contributed by atoms with Crippen LogP contribution in [-0.4, -0.2) is 24.8 Å². The highest BCUT2D eigenvalue weighted by Gasteiger charge is 2.13. The largest absolute Gasteiger partial charge is 0.465 e. The van der Waals surface area contributed by atoms with Gasteiger partial charge in [0.25, 0.3) is 0 Å². The van der Waals surface area contributed by atoms with E-state index in [0.29, 0.717) is 22.7 Å². The molecule has 0 aliphatic rings. The van der Waals surface area contributed by atoms with Crippen molar-refractivity contribution in [3.8, 4) is 0 Å². The molecule has 3 nitrogen and oxygen atoms in total. The summed E-state index contributed by atoms with van der Waals surface area (Å²) in [5, 5.41) is 9.22. The number of hydrogen-bond acceptors (Lipinski definition) is 4. The molecule has 0 spiro atoms. The fraction of sp³-hybridized carbons (Fsp3) is 0.444. The number of methoxy groups -OCH3 is 1. The minimum Gasteiger partial charge on any atom is -0.465 e. The maximum Gasteiger partial charge on any atom is 0.348 e. The van der Waals surface area contributed by atoms with E-state index in [-0.39, 0.29) is 12.6 Å². The Morgan fingerprint density at radius 2 is 2.43 bits per heavy atom. The Labute approximate surface area is 91.3 Å². The first kappa shape index (κ1) is 11.5. The van der Waals surface area contributed by atoms with E-state index in [2.05, 4.69) is 4.74 Å². The summed E-state index contributed by atoms with van der Waals surface area (Å²) in [5.41, 5.74) is 0. The normalized spacial score (nSPS) is 10.2. The molecule has 1 N–H and O–H groups in total. The summed E-state index contributed by atoms with van der Waals surface area (Å²) in [6.07, 6.45) is 1.35. The average Bonchev–Trinajstić information content (AvgIpc) is 2.56. The Bertz CT molecular complexity index is 322. The van der Waals surface area contributed by atoms with Crippen LogP contribution in [0.15, 0.2) is 6.07 Å². The molecule has 0 aromatic carbocycles. The van der Waals surface area contributed by atoms with E-state index < -0.39 is 0 Å². The first-order valence-corrected chi connectivity index (χ1v) is 5.36. The Morgan fingerprint density at radius 3 is 3.00 bits per heavy atom. The van der Waals surface area contributed by atoms with Gasteiger partial charge >= 0.3 is 5.97 Å². The lowest BCUT2D eigenvalue weighted by Crippen LogP contribution is -1.96. The molecule has 1 heterocycles. The monoisotopic (exact) mass is 234 g/mol. The summed E-state index contributed by atoms with van der Waals surface area (Å²) in [7, 11) is 1.34. The highest BCUT2D eigenvalue weighted by atomic mass is 35.5. The summed E-state index contributed by atoms with van der Waals surface area (Å²) in [4.78, 5) is 12.6. The number of aliphatic hydroxyl groups excluding tert-OH is 1. The standard InChI is InChI=1S/C9H11ClO3S/c1-13-9(12)8-5-6(10)7(14-8)3-2-4-11/h5,11H,2-4H2,1H3. The third kappa shape index (κ3) is 2.70. The Morgan fingerprint density at radius 1 is 1.71 bits per heavy atom. The maximum atomic E-state index is 11.1. The van der Waals surface area contributed by atoms with Gasteiger partial charge in [0, 0.05) is 11.5 Å². The third-order valence-electron chi connectivity index (χ3n) is 1.71. The van der Waals surface area contributed by atoms with Crippen molar-refractivity contribution in [3.05, 3.63) is 20.8 Å². The smallest absolute Gasteiger partial charge is 0.348 e. The van der Waals surface area contributed by atoms with Gasteiger partial charge in [-0.1, -0.05) is 11.6 Å². The molecule has 78 valence electrons. The van der Waals surface area contributed by atoms with E-state index in [1.54, 1.807) is 6.07 Å². The van der Waals surface area contributed by atoms with Crippen molar-refractivity contribution in [1.82, 2.24) is 0 Å². The average molecular weight is 235 g/mol. The van der Waals surface area contributed by atoms with Gasteiger partial charge in [-0.2, -0.15) is 0 Å². The van der Waals surface area contributed by atoms with Crippen molar-refractivity contribution in [3.63, 3.8) is 0 Å². The van der Waals surface area contributed by atoms with Crippen LogP contribution in [0.25, 0.3) is 0 Å². The number of hydrogen-bond donors (Lipinski definition) is 1. The lowest BCUT2D eigenvalue weighted by Gasteiger charge is -1.94. The van der Waals surface area contributed by atoms with Crippen molar-refractivity contribution < 1.29 is 14.6 Å². The van der Waals surface area contributed by atoms with Gasteiger partial charge in [0.15, 0.2) is 0 Å². The van der Waals surface area contributed by atoms with Gasteiger partial charge < -0.3 is 9.84 Å². The van der Waals surface area contributed by atoms with Gasteiger partial charge in [-0.05, 0) is 18.9 Å². The van der Waals surface area contributed by atoms with E-state index >= 15 is 0 Å². The Hall–Kier alpha value is -0.580. The molecular formula is C9H11ClO3S. The van der Waals surface area contributed by atoms with Gasteiger partial charge in [-0.15, -0.1) is 11.3 Å². The maximum absolute atomic E-state index is 11.1. The third-order valence-corrected chi connectivity index (χ3v) is 3.33. The van der Waals surface area contributed by atoms with Crippen LogP contribution in [0, 0.1) is 0 Å². The van der Waals surface area contributed by atoms with E-state index in [1.807, 2.05) is 0 Å². The highest BCUT2D eigenvalue weighted by molar-refractivity contribution is 7.14. The molecule has 0 radical (unpaired) electrons. The lowest BCUT2D eigenvalue weighted by molar-refractivity contribution is 0.0606. The van der Waals surface area contributed by atoms with Crippen LogP contribution >= 0.6 is 22.9 Å². The molecule has 1 rings (SSSR count). The van der Waals surface area contributed by atoms with Crippen LogP contribution in [0.2, 0.25) is 5.02 Å². The summed E-state index contributed by atoms with van der Waals surface area (Å²) in [6.45, 7) is 0.127. The number of ether oxygens (including phenoxy) is 1. The highest BCUT2D eigenvalue weighted by Crippen LogP contribution is 2.28. The van der Waals surface area contributed by atoms with Crippen LogP contribution in [0.5, 0.6) is 0 Å². The summed E-state index contributed by atoms with van der Waals surface area (Å²) < 4.78 is 4.57. The van der Waals surface area contributed by atoms with Gasteiger partial charge in [-0.3, -0.25) is 0 Å². The van der Waals surface area contributed by atoms with E-state index in [0.717, 1.165) is 4.88 Å². The molecule has 0 bridgehead atoms. The molecule has 0 amide bonds. The van der Waals surface area contributed by atoms with E-state index in [9.17, 15) is 4.79 Å². The number of esters is 1. The van der Waals surface area contributed by atoms with Crippen molar-refractivity contribution in [1.29, 1.82) is 0 Å². The van der Waals surface area contributed by atoms with Crippen LogP contribution in [-0.2, 0) is 11.2 Å². The molecular weight excluding hydrogens is 224 g/mol. The second-order valence-electron chi connectivity index (χ2n) is 2.70. The molecule has 0 aliphatic carbocycles. The van der Waals surface area contributed by atoms with Gasteiger partial charge in [0.1, 0.15) is 4.88 Å². The molecule has 0 aliphatic heterocycles. The topological polar surface area (TPSA) is 46.5 Å². The number of carbonyl (C=O) groups is 1. The molecule has 0 unspecified atom stereocenters. The minimum atomic E-state index is -0.368. The second-order valence-corrected chi connectivity index (χ2v) is 4.24. The number of thiophene rings is 1. The molecule has 0 saturated carbocycles. The van der Waals surface area contributed by atoms with E-state index in [4.69, 9.17) is 16.7 Å². The number of carbonyl (C=O) groups excluding carboxylic acids is 1. The summed E-state index contributed by atoms with van der Waals surface area (Å²) >= 11 is 7.22. The molecule has 0 fully saturated rings. The zero-order valence-electron chi connectivity index (χ0n) is 7.75. The van der Waals surface area contributed by atoms with Gasteiger partial charge in [0.05, 0.1) is 12.1 Å². The van der Waals surface area contributed by atoms with Crippen LogP contribution in [0.4, 0.5) is 0 Å². The first-order valence-electron chi connectivity index (χ1n) is 4.16. The molecule has 14 heavy (non-hydrogen) atoms. The SMILES string of the molecule is COC(=O)c1cc(Cl)c(CCCO)s1. The van der Waals surface area contributed by atoms with Gasteiger partial charge in [0.2, 0.25) is 0 Å². The fourth-order valence-corrected chi connectivity index (χ4v) is 2.41. The molecule has 0 saturated heterocycles. The summed E-state index contributed by atoms with van der Waals surface area (Å²) in [5.74, 6) is -0.368. The van der Waals surface area contributed by atoms with Crippen LogP contribution in [0.3, 0.4) is 0 Å². The number of aryl methyl sites for hydroxylation is 1. The van der Waals surface area contributed by atoms with Crippen molar-refractivity contribution >= 4 is 28.9 Å². The quantitative estimate of drug-likeness (QED) is 0.812. The minimum absolute atomic E-state index is 0.127. The number of halogens is 1. The molecule has 1 aromatic heterocycles. The summed E-state index contributed by atoms with van der Waals surface area (Å²) in [6, 6.07) is 1.60. The molecule has 1 aromatic rings. The van der Waals surface area contributed by atoms with Crippen LogP contribution in [0.1, 0.15) is 21.0 Å². The number of rotatable bonds is 4. The van der Waals surface area contributed by atoms with Crippen molar-refractivity contribution in [2.24, 2.45) is 0 Å². The Balaban J connectivity index is 2.76. The molecule has 0 atom stereocenters. The number of aliphatic hydroxyl groups is 1. The van der Waals surface area contributed by atoms with Gasteiger partial charge in [-0.25, -0.2) is 4.79 Å². The molecule has 5 heteroatoms. The van der Waals surface area contributed by atoms with E-state index in [1.165, 1.54) is 18.4 Å². The fourth-order valence-electron chi connectivity index (χ4n) is 1.02.